The number of carbonyl (C=O) groups excluding carboxylic acids is 2. The Morgan fingerprint density at radius 1 is 1.26 bits per heavy atom. The minimum absolute atomic E-state index is 0.0216. The Balaban J connectivity index is 1.74. The van der Waals surface area contributed by atoms with E-state index in [1.54, 1.807) is 24.3 Å². The first-order valence-electron chi connectivity index (χ1n) is 8.89. The molecule has 2 aliphatic rings. The number of benzene rings is 2. The van der Waals surface area contributed by atoms with Gasteiger partial charge in [0.15, 0.2) is 5.17 Å². The highest BCUT2D eigenvalue weighted by atomic mass is 32.2. The van der Waals surface area contributed by atoms with Crippen molar-refractivity contribution in [2.75, 3.05) is 7.11 Å². The first-order valence-corrected chi connectivity index (χ1v) is 9.70. The number of alkyl halides is 3. The first-order chi connectivity index (χ1) is 14.6. The number of nitrogens with zero attached hydrogens (tertiary/aromatic N) is 3. The Hall–Kier alpha value is -3.18. The number of rotatable bonds is 2. The molecule has 160 valence electrons. The molecule has 7 nitrogen and oxygen atoms in total. The van der Waals surface area contributed by atoms with Crippen molar-refractivity contribution in [3.8, 4) is 0 Å². The molecule has 0 spiro atoms. The lowest BCUT2D eigenvalue weighted by atomic mass is 9.98. The summed E-state index contributed by atoms with van der Waals surface area (Å²) in [5.41, 5.74) is -3.03. The van der Waals surface area contributed by atoms with E-state index in [0.29, 0.717) is 17.3 Å². The van der Waals surface area contributed by atoms with Crippen molar-refractivity contribution >= 4 is 45.3 Å². The number of hydrogen-bond donors (Lipinski definition) is 1. The zero-order valence-corrected chi connectivity index (χ0v) is 16.7. The van der Waals surface area contributed by atoms with Crippen molar-refractivity contribution in [1.82, 2.24) is 5.01 Å². The molecule has 0 saturated carbocycles. The molecule has 0 aliphatic carbocycles. The lowest BCUT2D eigenvalue weighted by Gasteiger charge is -2.33. The van der Waals surface area contributed by atoms with Crippen LogP contribution in [0.2, 0.25) is 0 Å². The van der Waals surface area contributed by atoms with E-state index >= 15 is 0 Å². The molecular weight excluding hydrogens is 435 g/mol. The van der Waals surface area contributed by atoms with Gasteiger partial charge in [0.05, 0.1) is 24.1 Å². The van der Waals surface area contributed by atoms with E-state index in [1.165, 1.54) is 0 Å². The normalized spacial score (nSPS) is 22.8. The highest BCUT2D eigenvalue weighted by molar-refractivity contribution is 8.18. The van der Waals surface area contributed by atoms with Gasteiger partial charge in [-0.3, -0.25) is 4.79 Å². The summed E-state index contributed by atoms with van der Waals surface area (Å²) in [7, 11) is 1.09. The third-order valence-corrected chi connectivity index (χ3v) is 5.72. The lowest BCUT2D eigenvalue weighted by molar-refractivity contribution is -0.294. The Kier molecular flexibility index (Phi) is 5.10. The number of hydrazone groups is 1. The maximum Gasteiger partial charge on any atom is 0.438 e. The molecule has 0 bridgehead atoms. The number of amides is 1. The number of hydrogen-bond acceptors (Lipinski definition) is 7. The number of methoxy groups -OCH3 is 1. The maximum atomic E-state index is 13.8. The fourth-order valence-corrected chi connectivity index (χ4v) is 4.04. The minimum atomic E-state index is -5.10. The summed E-state index contributed by atoms with van der Waals surface area (Å²) in [4.78, 5) is 26.7. The smallest absolute Gasteiger partial charge is 0.438 e. The van der Waals surface area contributed by atoms with Gasteiger partial charge in [-0.15, -0.1) is 0 Å². The second-order valence-corrected chi connectivity index (χ2v) is 7.75. The van der Waals surface area contributed by atoms with E-state index in [0.717, 1.165) is 24.0 Å². The molecule has 2 aromatic carbocycles. The molecule has 1 atom stereocenters. The summed E-state index contributed by atoms with van der Waals surface area (Å²) in [6, 6.07) is 12.3. The fraction of sp³-hybridized carbons (Fsp3) is 0.200. The SMILES string of the molecule is COC(=O)/C=C1/SC(N2N=C(c3ccc4ccccc4c3)CC2(O)C(F)(F)F)=NC1=O. The molecule has 11 heteroatoms. The standard InChI is InChI=1S/C20H14F3N3O4S/c1-30-16(27)9-15-17(28)24-18(31-15)26-19(29,20(21,22)23)10-14(25-26)13-7-6-11-4-2-3-5-12(11)8-13/h2-9,29H,10H2,1H3/b15-9+. The molecular formula is C20H14F3N3O4S. The van der Waals surface area contributed by atoms with Crippen LogP contribution in [0.1, 0.15) is 12.0 Å². The molecule has 1 amide bonds. The van der Waals surface area contributed by atoms with Crippen LogP contribution in [0.5, 0.6) is 0 Å². The Labute approximate surface area is 177 Å². The van der Waals surface area contributed by atoms with Gasteiger partial charge in [0.1, 0.15) is 0 Å². The van der Waals surface area contributed by atoms with Crippen LogP contribution in [0.15, 0.2) is 63.5 Å². The van der Waals surface area contributed by atoms with Crippen molar-refractivity contribution in [1.29, 1.82) is 0 Å². The average Bonchev–Trinajstić information content (AvgIpc) is 3.28. The predicted octanol–water partition coefficient (Wildman–Crippen LogP) is 3.19. The first kappa shape index (κ1) is 21.1. The predicted molar refractivity (Wildman–Crippen MR) is 108 cm³/mol. The summed E-state index contributed by atoms with van der Waals surface area (Å²) in [6.45, 7) is 0. The molecule has 2 heterocycles. The minimum Gasteiger partial charge on any atom is -0.466 e. The second-order valence-electron chi connectivity index (χ2n) is 6.74. The number of fused-ring (bicyclic) bond motifs is 1. The van der Waals surface area contributed by atoms with Gasteiger partial charge in [-0.1, -0.05) is 36.4 Å². The van der Waals surface area contributed by atoms with Crippen LogP contribution in [0.4, 0.5) is 13.2 Å². The van der Waals surface area contributed by atoms with Crippen molar-refractivity contribution in [3.63, 3.8) is 0 Å². The summed E-state index contributed by atoms with van der Waals surface area (Å²) in [6.07, 6.45) is -5.14. The number of ether oxygens (including phenoxy) is 1. The van der Waals surface area contributed by atoms with Crippen molar-refractivity contribution in [2.24, 2.45) is 10.1 Å². The van der Waals surface area contributed by atoms with Gasteiger partial charge >= 0.3 is 12.1 Å². The van der Waals surface area contributed by atoms with Crippen molar-refractivity contribution < 1.29 is 32.6 Å². The second kappa shape index (κ2) is 7.50. The number of aliphatic hydroxyl groups is 1. The summed E-state index contributed by atoms with van der Waals surface area (Å²) in [5.74, 6) is -1.79. The molecule has 1 N–H and O–H groups in total. The molecule has 2 aliphatic heterocycles. The van der Waals surface area contributed by atoms with Gasteiger partial charge in [0.25, 0.3) is 11.6 Å². The van der Waals surface area contributed by atoms with Crippen LogP contribution in [-0.2, 0) is 14.3 Å². The van der Waals surface area contributed by atoms with E-state index in [-0.39, 0.29) is 15.6 Å². The van der Waals surface area contributed by atoms with Crippen LogP contribution in [0.25, 0.3) is 10.8 Å². The Morgan fingerprint density at radius 2 is 1.97 bits per heavy atom. The number of halogens is 3. The third kappa shape index (κ3) is 3.70. The molecule has 0 fully saturated rings. The number of thioether (sulfide) groups is 1. The van der Waals surface area contributed by atoms with E-state index in [1.807, 2.05) is 18.2 Å². The van der Waals surface area contributed by atoms with Crippen LogP contribution in [-0.4, -0.2) is 51.9 Å². The average molecular weight is 449 g/mol. The van der Waals surface area contributed by atoms with Gasteiger partial charge in [0.2, 0.25) is 0 Å². The number of carbonyl (C=O) groups is 2. The van der Waals surface area contributed by atoms with Crippen LogP contribution >= 0.6 is 11.8 Å². The topological polar surface area (TPSA) is 91.6 Å². The molecule has 0 radical (unpaired) electrons. The van der Waals surface area contributed by atoms with Gasteiger partial charge in [-0.2, -0.15) is 28.3 Å². The summed E-state index contributed by atoms with van der Waals surface area (Å²) < 4.78 is 46.0. The number of amidine groups is 1. The number of esters is 1. The summed E-state index contributed by atoms with van der Waals surface area (Å²) in [5, 5.41) is 16.0. The molecule has 0 saturated heterocycles. The molecule has 4 rings (SSSR count). The van der Waals surface area contributed by atoms with Gasteiger partial charge in [-0.05, 0) is 34.2 Å². The van der Waals surface area contributed by atoms with Crippen LogP contribution < -0.4 is 0 Å². The fourth-order valence-electron chi connectivity index (χ4n) is 3.15. The monoisotopic (exact) mass is 449 g/mol. The zero-order valence-electron chi connectivity index (χ0n) is 15.9. The van der Waals surface area contributed by atoms with Gasteiger partial charge in [-0.25, -0.2) is 4.79 Å². The van der Waals surface area contributed by atoms with Gasteiger partial charge in [0, 0.05) is 6.08 Å². The van der Waals surface area contributed by atoms with E-state index in [4.69, 9.17) is 0 Å². The third-order valence-electron chi connectivity index (χ3n) is 4.76. The largest absolute Gasteiger partial charge is 0.466 e. The van der Waals surface area contributed by atoms with Crippen LogP contribution in [0.3, 0.4) is 0 Å². The van der Waals surface area contributed by atoms with E-state index in [9.17, 15) is 27.9 Å². The lowest BCUT2D eigenvalue weighted by Crippen LogP contribution is -2.56. The van der Waals surface area contributed by atoms with Gasteiger partial charge < -0.3 is 9.84 Å². The highest BCUT2D eigenvalue weighted by Crippen LogP contribution is 2.44. The molecule has 1 unspecified atom stereocenters. The molecule has 2 aromatic rings. The Morgan fingerprint density at radius 3 is 2.65 bits per heavy atom. The Bertz CT molecular complexity index is 1190. The summed E-state index contributed by atoms with van der Waals surface area (Å²) >= 11 is 0.497. The maximum absolute atomic E-state index is 13.8. The molecule has 0 aromatic heterocycles. The van der Waals surface area contributed by atoms with Crippen molar-refractivity contribution in [3.05, 3.63) is 59.0 Å². The van der Waals surface area contributed by atoms with Crippen molar-refractivity contribution in [2.45, 2.75) is 18.3 Å². The van der Waals surface area contributed by atoms with E-state index < -0.39 is 35.4 Å². The quantitative estimate of drug-likeness (QED) is 0.559. The van der Waals surface area contributed by atoms with E-state index in [2.05, 4.69) is 14.8 Å². The number of aliphatic imine (C=N–C) groups is 1. The highest BCUT2D eigenvalue weighted by Gasteiger charge is 2.63. The zero-order chi connectivity index (χ0) is 22.4. The van der Waals surface area contributed by atoms with Crippen LogP contribution in [0, 0.1) is 0 Å². The molecule has 31 heavy (non-hydrogen) atoms.